The van der Waals surface area contributed by atoms with Crippen LogP contribution in [0.5, 0.6) is 0 Å². The van der Waals surface area contributed by atoms with Gasteiger partial charge in [0.25, 0.3) is 5.91 Å². The monoisotopic (exact) mass is 379 g/mol. The zero-order valence-electron chi connectivity index (χ0n) is 12.7. The maximum Gasteiger partial charge on any atom is 0.338 e. The van der Waals surface area contributed by atoms with Crippen molar-refractivity contribution < 1.29 is 18.7 Å². The van der Waals surface area contributed by atoms with Gasteiger partial charge < -0.3 is 10.1 Å². The fourth-order valence-electron chi connectivity index (χ4n) is 1.86. The Bertz CT molecular complexity index is 761. The number of carbonyl (C=O) groups is 2. The maximum absolute atomic E-state index is 13.6. The highest BCUT2D eigenvalue weighted by Gasteiger charge is 2.12. The van der Waals surface area contributed by atoms with E-state index in [4.69, 9.17) is 4.74 Å². The number of hydrogen-bond acceptors (Lipinski definition) is 3. The summed E-state index contributed by atoms with van der Waals surface area (Å²) in [5.41, 5.74) is 2.42. The molecule has 1 N–H and O–H groups in total. The predicted molar refractivity (Wildman–Crippen MR) is 88.9 cm³/mol. The second kappa shape index (κ2) is 7.37. The van der Waals surface area contributed by atoms with E-state index in [1.54, 1.807) is 18.2 Å². The third-order valence-corrected chi connectivity index (χ3v) is 3.78. The molecule has 4 nitrogen and oxygen atoms in total. The van der Waals surface area contributed by atoms with Crippen LogP contribution in [0.25, 0.3) is 0 Å². The first-order valence-corrected chi connectivity index (χ1v) is 7.65. The third kappa shape index (κ3) is 4.63. The van der Waals surface area contributed by atoms with Crippen LogP contribution in [0.15, 0.2) is 40.9 Å². The van der Waals surface area contributed by atoms with Crippen molar-refractivity contribution in [3.63, 3.8) is 0 Å². The Labute approximate surface area is 141 Å². The predicted octanol–water partition coefficient (Wildman–Crippen LogP) is 4.00. The number of halogens is 2. The van der Waals surface area contributed by atoms with Crippen LogP contribution in [0.1, 0.15) is 21.5 Å². The van der Waals surface area contributed by atoms with E-state index in [9.17, 15) is 14.0 Å². The molecule has 1 amide bonds. The van der Waals surface area contributed by atoms with Crippen LogP contribution in [0.4, 0.5) is 10.1 Å². The molecule has 0 aliphatic carbocycles. The Morgan fingerprint density at radius 1 is 1.13 bits per heavy atom. The number of esters is 1. The minimum atomic E-state index is -0.608. The Kier molecular flexibility index (Phi) is 5.50. The highest BCUT2D eigenvalue weighted by molar-refractivity contribution is 9.10. The van der Waals surface area contributed by atoms with Crippen molar-refractivity contribution in [2.24, 2.45) is 0 Å². The number of anilines is 1. The summed E-state index contributed by atoms with van der Waals surface area (Å²) in [5.74, 6) is -1.78. The number of amides is 1. The fraction of sp³-hybridized carbons (Fsp3) is 0.176. The number of nitrogens with one attached hydrogen (secondary N) is 1. The van der Waals surface area contributed by atoms with E-state index < -0.39 is 24.3 Å². The normalized spacial score (nSPS) is 10.3. The minimum absolute atomic E-state index is 0.0282. The van der Waals surface area contributed by atoms with Gasteiger partial charge in [-0.1, -0.05) is 22.0 Å². The number of rotatable bonds is 4. The molecule has 0 aliphatic rings. The quantitative estimate of drug-likeness (QED) is 0.816. The second-order valence-corrected chi connectivity index (χ2v) is 5.96. The molecule has 0 aliphatic heterocycles. The lowest BCUT2D eigenvalue weighted by Gasteiger charge is -2.08. The zero-order chi connectivity index (χ0) is 17.0. The molecular formula is C17H15BrFNO3. The van der Waals surface area contributed by atoms with Gasteiger partial charge in [0, 0.05) is 4.47 Å². The first kappa shape index (κ1) is 17.1. The number of benzene rings is 2. The van der Waals surface area contributed by atoms with Crippen LogP contribution in [0, 0.1) is 19.7 Å². The number of ether oxygens (including phenoxy) is 1. The largest absolute Gasteiger partial charge is 0.452 e. The molecule has 0 spiro atoms. The first-order valence-electron chi connectivity index (χ1n) is 6.86. The number of aryl methyl sites for hydroxylation is 2. The van der Waals surface area contributed by atoms with Crippen molar-refractivity contribution in [3.8, 4) is 0 Å². The molecule has 0 fully saturated rings. The average Bonchev–Trinajstić information content (AvgIpc) is 2.50. The van der Waals surface area contributed by atoms with Crippen molar-refractivity contribution in [2.45, 2.75) is 13.8 Å². The van der Waals surface area contributed by atoms with Gasteiger partial charge in [-0.25, -0.2) is 9.18 Å². The van der Waals surface area contributed by atoms with E-state index in [-0.39, 0.29) is 5.69 Å². The van der Waals surface area contributed by atoms with Gasteiger partial charge in [0.2, 0.25) is 0 Å². The van der Waals surface area contributed by atoms with E-state index in [0.29, 0.717) is 10.0 Å². The molecule has 6 heteroatoms. The highest BCUT2D eigenvalue weighted by Crippen LogP contribution is 2.19. The topological polar surface area (TPSA) is 55.4 Å². The molecule has 0 saturated carbocycles. The minimum Gasteiger partial charge on any atom is -0.452 e. The molecular weight excluding hydrogens is 365 g/mol. The Morgan fingerprint density at radius 3 is 2.52 bits per heavy atom. The fourth-order valence-corrected chi connectivity index (χ4v) is 2.19. The molecule has 0 unspecified atom stereocenters. The zero-order valence-corrected chi connectivity index (χ0v) is 14.2. The van der Waals surface area contributed by atoms with Crippen LogP contribution < -0.4 is 5.32 Å². The van der Waals surface area contributed by atoms with E-state index in [1.165, 1.54) is 12.1 Å². The molecule has 0 atom stereocenters. The summed E-state index contributed by atoms with van der Waals surface area (Å²) >= 11 is 3.13. The van der Waals surface area contributed by atoms with Gasteiger partial charge in [0.05, 0.1) is 11.3 Å². The third-order valence-electron chi connectivity index (χ3n) is 3.28. The Hall–Kier alpha value is -2.21. The van der Waals surface area contributed by atoms with Gasteiger partial charge in [-0.15, -0.1) is 0 Å². The molecule has 0 bridgehead atoms. The van der Waals surface area contributed by atoms with Crippen molar-refractivity contribution in [1.82, 2.24) is 0 Å². The molecule has 0 radical (unpaired) electrons. The van der Waals surface area contributed by atoms with Gasteiger partial charge in [0.15, 0.2) is 6.61 Å². The van der Waals surface area contributed by atoms with E-state index in [0.717, 1.165) is 11.1 Å². The molecule has 0 heterocycles. The number of hydrogen-bond donors (Lipinski definition) is 1. The summed E-state index contributed by atoms with van der Waals surface area (Å²) in [7, 11) is 0. The second-order valence-electron chi connectivity index (χ2n) is 5.05. The highest BCUT2D eigenvalue weighted by atomic mass is 79.9. The van der Waals surface area contributed by atoms with E-state index in [2.05, 4.69) is 21.2 Å². The van der Waals surface area contributed by atoms with Gasteiger partial charge in [0.1, 0.15) is 5.82 Å². The summed E-state index contributed by atoms with van der Waals surface area (Å²) in [5, 5.41) is 2.35. The lowest BCUT2D eigenvalue weighted by atomic mass is 10.1. The van der Waals surface area contributed by atoms with Crippen molar-refractivity contribution in [3.05, 3.63) is 63.4 Å². The van der Waals surface area contributed by atoms with Crippen molar-refractivity contribution in [2.75, 3.05) is 11.9 Å². The standard InChI is InChI=1S/C17H15BrFNO3/c1-10-3-4-12(7-11(10)2)17(22)23-9-16(21)20-15-6-5-13(18)8-14(15)19/h3-8H,9H2,1-2H3,(H,20,21). The smallest absolute Gasteiger partial charge is 0.338 e. The van der Waals surface area contributed by atoms with Gasteiger partial charge in [-0.05, 0) is 55.3 Å². The van der Waals surface area contributed by atoms with Crippen molar-refractivity contribution >= 4 is 33.5 Å². The number of carbonyl (C=O) groups excluding carboxylic acids is 2. The Morgan fingerprint density at radius 2 is 1.87 bits per heavy atom. The van der Waals surface area contributed by atoms with Gasteiger partial charge >= 0.3 is 5.97 Å². The lowest BCUT2D eigenvalue weighted by molar-refractivity contribution is -0.119. The molecule has 2 aromatic rings. The van der Waals surface area contributed by atoms with Crippen LogP contribution in [0.2, 0.25) is 0 Å². The van der Waals surface area contributed by atoms with Crippen LogP contribution in [-0.2, 0) is 9.53 Å². The van der Waals surface area contributed by atoms with Gasteiger partial charge in [-0.2, -0.15) is 0 Å². The summed E-state index contributed by atoms with van der Waals surface area (Å²) in [6.45, 7) is 3.33. The lowest BCUT2D eigenvalue weighted by Crippen LogP contribution is -2.21. The summed E-state index contributed by atoms with van der Waals surface area (Å²) in [4.78, 5) is 23.6. The molecule has 2 aromatic carbocycles. The van der Waals surface area contributed by atoms with E-state index >= 15 is 0 Å². The molecule has 0 saturated heterocycles. The summed E-state index contributed by atoms with van der Waals surface area (Å²) in [6.07, 6.45) is 0. The maximum atomic E-state index is 13.6. The van der Waals surface area contributed by atoms with Crippen LogP contribution >= 0.6 is 15.9 Å². The molecule has 120 valence electrons. The van der Waals surface area contributed by atoms with Crippen LogP contribution in [0.3, 0.4) is 0 Å². The van der Waals surface area contributed by atoms with Crippen molar-refractivity contribution in [1.29, 1.82) is 0 Å². The van der Waals surface area contributed by atoms with E-state index in [1.807, 2.05) is 19.9 Å². The van der Waals surface area contributed by atoms with Crippen LogP contribution in [-0.4, -0.2) is 18.5 Å². The summed E-state index contributed by atoms with van der Waals surface area (Å²) < 4.78 is 19.1. The summed E-state index contributed by atoms with van der Waals surface area (Å²) in [6, 6.07) is 9.39. The molecule has 2 rings (SSSR count). The van der Waals surface area contributed by atoms with Gasteiger partial charge in [-0.3, -0.25) is 4.79 Å². The first-order chi connectivity index (χ1) is 10.9. The molecule has 0 aromatic heterocycles. The average molecular weight is 380 g/mol. The Balaban J connectivity index is 1.93. The SMILES string of the molecule is Cc1ccc(C(=O)OCC(=O)Nc2ccc(Br)cc2F)cc1C. The molecule has 23 heavy (non-hydrogen) atoms.